The van der Waals surface area contributed by atoms with Gasteiger partial charge in [-0.2, -0.15) is 0 Å². The topological polar surface area (TPSA) is 8.17 Å². The van der Waals surface area contributed by atoms with Crippen LogP contribution in [0.1, 0.15) is 24.6 Å². The minimum absolute atomic E-state index is 0.156. The molecule has 0 aliphatic carbocycles. The first kappa shape index (κ1) is 16.7. The largest absolute Gasteiger partial charge is 0.344 e. The van der Waals surface area contributed by atoms with E-state index in [4.69, 9.17) is 0 Å². The third kappa shape index (κ3) is 3.22. The van der Waals surface area contributed by atoms with Crippen molar-refractivity contribution >= 4 is 10.9 Å². The summed E-state index contributed by atoms with van der Waals surface area (Å²) in [4.78, 5) is 2.31. The maximum atomic E-state index is 13.8. The van der Waals surface area contributed by atoms with Gasteiger partial charge in [-0.05, 0) is 49.7 Å². The molecule has 0 saturated heterocycles. The van der Waals surface area contributed by atoms with Crippen LogP contribution < -0.4 is 0 Å². The van der Waals surface area contributed by atoms with Crippen molar-refractivity contribution in [1.82, 2.24) is 9.47 Å². The molecule has 0 unspecified atom stereocenters. The highest BCUT2D eigenvalue weighted by Crippen LogP contribution is 2.31. The molecular formula is C21H25FN2. The monoisotopic (exact) mass is 324 g/mol. The van der Waals surface area contributed by atoms with Crippen LogP contribution in [0.4, 0.5) is 4.39 Å². The number of halogens is 1. The molecule has 1 aliphatic rings. The van der Waals surface area contributed by atoms with Crippen molar-refractivity contribution in [3.8, 4) is 0 Å². The average molecular weight is 324 g/mol. The second-order valence-corrected chi connectivity index (χ2v) is 6.45. The van der Waals surface area contributed by atoms with Crippen LogP contribution in [0.2, 0.25) is 0 Å². The predicted molar refractivity (Wildman–Crippen MR) is 99.6 cm³/mol. The van der Waals surface area contributed by atoms with Crippen molar-refractivity contribution in [2.45, 2.75) is 32.9 Å². The summed E-state index contributed by atoms with van der Waals surface area (Å²) in [5.74, 6) is -0.156. The lowest BCUT2D eigenvalue weighted by Crippen LogP contribution is -2.27. The van der Waals surface area contributed by atoms with Crippen molar-refractivity contribution in [2.24, 2.45) is 0 Å². The van der Waals surface area contributed by atoms with E-state index in [0.717, 1.165) is 43.4 Å². The molecule has 24 heavy (non-hydrogen) atoms. The molecule has 0 saturated carbocycles. The highest BCUT2D eigenvalue weighted by atomic mass is 19.1. The summed E-state index contributed by atoms with van der Waals surface area (Å²) in [6, 6.07) is 5.19. The number of aryl methyl sites for hydroxylation is 1. The Labute approximate surface area is 143 Å². The lowest BCUT2D eigenvalue weighted by Gasteiger charge is -2.24. The van der Waals surface area contributed by atoms with Gasteiger partial charge in [0.25, 0.3) is 0 Å². The van der Waals surface area contributed by atoms with E-state index in [1.54, 1.807) is 12.1 Å². The Balaban J connectivity index is 2.01. The molecular weight excluding hydrogens is 299 g/mol. The molecule has 0 amide bonds. The summed E-state index contributed by atoms with van der Waals surface area (Å²) in [6.07, 6.45) is 10.1. The Morgan fingerprint density at radius 3 is 2.96 bits per heavy atom. The number of benzene rings is 1. The van der Waals surface area contributed by atoms with E-state index in [1.807, 2.05) is 19.1 Å². The summed E-state index contributed by atoms with van der Waals surface area (Å²) >= 11 is 0. The van der Waals surface area contributed by atoms with Gasteiger partial charge in [0.05, 0.1) is 0 Å². The molecule has 2 nitrogen and oxygen atoms in total. The van der Waals surface area contributed by atoms with Crippen molar-refractivity contribution in [2.75, 3.05) is 13.6 Å². The second-order valence-electron chi connectivity index (χ2n) is 6.45. The van der Waals surface area contributed by atoms with Gasteiger partial charge >= 0.3 is 0 Å². The molecule has 0 spiro atoms. The van der Waals surface area contributed by atoms with Crippen LogP contribution in [0.15, 0.2) is 54.7 Å². The molecule has 2 aromatic rings. The second kappa shape index (κ2) is 7.18. The fourth-order valence-corrected chi connectivity index (χ4v) is 3.64. The third-order valence-electron chi connectivity index (χ3n) is 4.74. The summed E-state index contributed by atoms with van der Waals surface area (Å²) < 4.78 is 16.2. The van der Waals surface area contributed by atoms with E-state index in [9.17, 15) is 4.39 Å². The zero-order valence-electron chi connectivity index (χ0n) is 14.6. The number of hydrogen-bond donors (Lipinski definition) is 0. The van der Waals surface area contributed by atoms with Gasteiger partial charge in [-0.25, -0.2) is 4.39 Å². The number of aromatic nitrogens is 1. The highest BCUT2D eigenvalue weighted by Gasteiger charge is 2.22. The zero-order chi connectivity index (χ0) is 17.1. The van der Waals surface area contributed by atoms with Crippen LogP contribution in [0.25, 0.3) is 10.9 Å². The van der Waals surface area contributed by atoms with Crippen LogP contribution in [-0.2, 0) is 19.5 Å². The normalized spacial score (nSPS) is 16.0. The first-order chi connectivity index (χ1) is 11.6. The molecule has 1 aliphatic heterocycles. The molecule has 0 radical (unpaired) electrons. The number of allylic oxidation sites excluding steroid dienone is 5. The van der Waals surface area contributed by atoms with Gasteiger partial charge in [-0.1, -0.05) is 30.9 Å². The van der Waals surface area contributed by atoms with Crippen LogP contribution in [-0.4, -0.2) is 23.1 Å². The molecule has 0 bridgehead atoms. The molecule has 1 aromatic carbocycles. The number of nitrogens with zero attached hydrogens (tertiary/aromatic N) is 2. The van der Waals surface area contributed by atoms with Gasteiger partial charge in [-0.15, -0.1) is 0 Å². The van der Waals surface area contributed by atoms with E-state index in [2.05, 4.69) is 41.3 Å². The van der Waals surface area contributed by atoms with Gasteiger partial charge < -0.3 is 9.47 Å². The van der Waals surface area contributed by atoms with E-state index in [1.165, 1.54) is 16.8 Å². The Morgan fingerprint density at radius 2 is 2.21 bits per heavy atom. The Morgan fingerprint density at radius 1 is 1.38 bits per heavy atom. The quantitative estimate of drug-likeness (QED) is 0.714. The standard InChI is InChI=1S/C21H25FN2/c1-4-6-16(7-5-2)10-13-24-20-9-8-17(22)14-18(20)19-15-23(3)12-11-21(19)24/h4-9,14H,1,10-13,15H2,2-3H3/b7-5-,16-6+. The SMILES string of the molecule is C=C/C=C(\C=C/C)CCn1c2c(c3cc(F)ccc31)CN(C)CC2. The Bertz CT molecular complexity index is 811. The molecule has 126 valence electrons. The summed E-state index contributed by atoms with van der Waals surface area (Å²) in [6.45, 7) is 8.69. The lowest BCUT2D eigenvalue weighted by molar-refractivity contribution is 0.309. The predicted octanol–water partition coefficient (Wildman–Crippen LogP) is 4.85. The van der Waals surface area contributed by atoms with E-state index in [-0.39, 0.29) is 5.82 Å². The van der Waals surface area contributed by atoms with Crippen molar-refractivity contribution in [1.29, 1.82) is 0 Å². The zero-order valence-corrected chi connectivity index (χ0v) is 14.6. The fraction of sp³-hybridized carbons (Fsp3) is 0.333. The highest BCUT2D eigenvalue weighted by molar-refractivity contribution is 5.86. The van der Waals surface area contributed by atoms with Gasteiger partial charge in [0.1, 0.15) is 5.82 Å². The molecule has 0 atom stereocenters. The number of fused-ring (bicyclic) bond motifs is 3. The molecule has 0 N–H and O–H groups in total. The first-order valence-corrected chi connectivity index (χ1v) is 8.56. The smallest absolute Gasteiger partial charge is 0.123 e. The molecule has 2 heterocycles. The van der Waals surface area contributed by atoms with Gasteiger partial charge in [-0.3, -0.25) is 0 Å². The van der Waals surface area contributed by atoms with Gasteiger partial charge in [0.15, 0.2) is 0 Å². The van der Waals surface area contributed by atoms with Crippen LogP contribution in [0, 0.1) is 5.82 Å². The Kier molecular flexibility index (Phi) is 5.00. The Hall–Kier alpha value is -2.13. The van der Waals surface area contributed by atoms with Crippen molar-refractivity contribution in [3.05, 3.63) is 71.7 Å². The van der Waals surface area contributed by atoms with Crippen molar-refractivity contribution < 1.29 is 4.39 Å². The van der Waals surface area contributed by atoms with E-state index < -0.39 is 0 Å². The molecule has 3 heteroatoms. The minimum Gasteiger partial charge on any atom is -0.344 e. The van der Waals surface area contributed by atoms with Crippen LogP contribution in [0.3, 0.4) is 0 Å². The van der Waals surface area contributed by atoms with Crippen LogP contribution >= 0.6 is 0 Å². The number of rotatable bonds is 5. The van der Waals surface area contributed by atoms with E-state index >= 15 is 0 Å². The van der Waals surface area contributed by atoms with Crippen LogP contribution in [0.5, 0.6) is 0 Å². The minimum atomic E-state index is -0.156. The van der Waals surface area contributed by atoms with Gasteiger partial charge in [0, 0.05) is 42.7 Å². The number of hydrogen-bond acceptors (Lipinski definition) is 1. The van der Waals surface area contributed by atoms with E-state index in [0.29, 0.717) is 0 Å². The maximum absolute atomic E-state index is 13.8. The van der Waals surface area contributed by atoms with Gasteiger partial charge in [0.2, 0.25) is 0 Å². The lowest BCUT2D eigenvalue weighted by atomic mass is 10.0. The summed E-state index contributed by atoms with van der Waals surface area (Å²) in [5, 5.41) is 1.07. The molecule has 0 fully saturated rings. The summed E-state index contributed by atoms with van der Waals surface area (Å²) in [5.41, 5.74) is 5.07. The fourth-order valence-electron chi connectivity index (χ4n) is 3.64. The molecule has 1 aromatic heterocycles. The first-order valence-electron chi connectivity index (χ1n) is 8.56. The van der Waals surface area contributed by atoms with Crippen molar-refractivity contribution in [3.63, 3.8) is 0 Å². The summed E-state index contributed by atoms with van der Waals surface area (Å²) in [7, 11) is 2.13. The maximum Gasteiger partial charge on any atom is 0.123 e. The molecule has 3 rings (SSSR count). The third-order valence-corrected chi connectivity index (χ3v) is 4.74. The average Bonchev–Trinajstić information content (AvgIpc) is 2.85. The number of likely N-dealkylation sites (N-methyl/N-ethyl adjacent to an activating group) is 1.